The second kappa shape index (κ2) is 5.04. The number of amides is 1. The van der Waals surface area contributed by atoms with Gasteiger partial charge in [0.2, 0.25) is 5.91 Å². The van der Waals surface area contributed by atoms with Gasteiger partial charge in [-0.2, -0.15) is 0 Å². The van der Waals surface area contributed by atoms with E-state index in [1.807, 2.05) is 37.3 Å². The molecular formula is C16H15BrN2O. The molecule has 4 heteroatoms. The Hall–Kier alpha value is -1.65. The minimum absolute atomic E-state index is 0.0429. The van der Waals surface area contributed by atoms with E-state index in [1.54, 1.807) is 4.90 Å². The van der Waals surface area contributed by atoms with Crippen LogP contribution in [0.5, 0.6) is 0 Å². The number of fused-ring (bicyclic) bond motifs is 1. The highest BCUT2D eigenvalue weighted by molar-refractivity contribution is 9.10. The SMILES string of the molecule is Cc1ccc(CN2C(=O)C(N)c3cc(Br)ccc32)cc1. The van der Waals surface area contributed by atoms with E-state index in [0.717, 1.165) is 21.3 Å². The monoisotopic (exact) mass is 330 g/mol. The summed E-state index contributed by atoms with van der Waals surface area (Å²) in [7, 11) is 0. The number of hydrogen-bond donors (Lipinski definition) is 1. The number of aryl methyl sites for hydroxylation is 1. The van der Waals surface area contributed by atoms with Gasteiger partial charge in [-0.15, -0.1) is 0 Å². The molecule has 0 spiro atoms. The third-order valence-electron chi connectivity index (χ3n) is 3.61. The van der Waals surface area contributed by atoms with Crippen molar-refractivity contribution in [2.45, 2.75) is 19.5 Å². The molecule has 1 heterocycles. The van der Waals surface area contributed by atoms with Gasteiger partial charge in [0.15, 0.2) is 0 Å². The number of benzene rings is 2. The van der Waals surface area contributed by atoms with E-state index in [0.29, 0.717) is 6.54 Å². The molecule has 2 aromatic carbocycles. The highest BCUT2D eigenvalue weighted by Crippen LogP contribution is 2.37. The lowest BCUT2D eigenvalue weighted by molar-refractivity contribution is -0.119. The average Bonchev–Trinajstić information content (AvgIpc) is 2.66. The third kappa shape index (κ3) is 2.25. The van der Waals surface area contributed by atoms with Crippen molar-refractivity contribution in [3.05, 3.63) is 63.6 Å². The van der Waals surface area contributed by atoms with Crippen molar-refractivity contribution in [3.63, 3.8) is 0 Å². The van der Waals surface area contributed by atoms with Crippen LogP contribution in [-0.2, 0) is 11.3 Å². The number of anilines is 1. The number of carbonyl (C=O) groups excluding carboxylic acids is 1. The van der Waals surface area contributed by atoms with E-state index >= 15 is 0 Å². The highest BCUT2D eigenvalue weighted by atomic mass is 79.9. The van der Waals surface area contributed by atoms with Gasteiger partial charge >= 0.3 is 0 Å². The minimum atomic E-state index is -0.562. The lowest BCUT2D eigenvalue weighted by Gasteiger charge is -2.18. The van der Waals surface area contributed by atoms with Gasteiger partial charge in [-0.05, 0) is 30.7 Å². The Morgan fingerprint density at radius 2 is 1.90 bits per heavy atom. The molecule has 1 aliphatic heterocycles. The van der Waals surface area contributed by atoms with Crippen molar-refractivity contribution in [1.29, 1.82) is 0 Å². The van der Waals surface area contributed by atoms with Crippen molar-refractivity contribution in [2.75, 3.05) is 4.90 Å². The highest BCUT2D eigenvalue weighted by Gasteiger charge is 2.34. The molecule has 3 rings (SSSR count). The molecule has 1 amide bonds. The molecule has 0 radical (unpaired) electrons. The molecule has 2 aromatic rings. The van der Waals surface area contributed by atoms with Crippen molar-refractivity contribution in [2.24, 2.45) is 5.73 Å². The third-order valence-corrected chi connectivity index (χ3v) is 4.10. The quantitative estimate of drug-likeness (QED) is 0.918. The number of nitrogens with zero attached hydrogens (tertiary/aromatic N) is 1. The molecule has 20 heavy (non-hydrogen) atoms. The molecule has 0 fully saturated rings. The van der Waals surface area contributed by atoms with Crippen LogP contribution in [-0.4, -0.2) is 5.91 Å². The Bertz CT molecular complexity index is 667. The molecule has 1 atom stereocenters. The zero-order valence-corrected chi connectivity index (χ0v) is 12.7. The van der Waals surface area contributed by atoms with Crippen LogP contribution in [0.1, 0.15) is 22.7 Å². The summed E-state index contributed by atoms with van der Waals surface area (Å²) in [5.41, 5.74) is 10.1. The van der Waals surface area contributed by atoms with E-state index in [-0.39, 0.29) is 5.91 Å². The van der Waals surface area contributed by atoms with E-state index < -0.39 is 6.04 Å². The van der Waals surface area contributed by atoms with Crippen LogP contribution in [0.15, 0.2) is 46.9 Å². The van der Waals surface area contributed by atoms with Crippen molar-refractivity contribution >= 4 is 27.5 Å². The average molecular weight is 331 g/mol. The fourth-order valence-electron chi connectivity index (χ4n) is 2.48. The molecule has 0 aliphatic carbocycles. The van der Waals surface area contributed by atoms with Gasteiger partial charge < -0.3 is 10.6 Å². The van der Waals surface area contributed by atoms with E-state index in [9.17, 15) is 4.79 Å². The molecule has 0 saturated carbocycles. The molecule has 3 nitrogen and oxygen atoms in total. The van der Waals surface area contributed by atoms with Crippen molar-refractivity contribution in [1.82, 2.24) is 0 Å². The molecule has 102 valence electrons. The first-order valence-corrected chi connectivity index (χ1v) is 7.27. The van der Waals surface area contributed by atoms with Crippen LogP contribution in [0.2, 0.25) is 0 Å². The summed E-state index contributed by atoms with van der Waals surface area (Å²) >= 11 is 3.42. The molecular weight excluding hydrogens is 316 g/mol. The zero-order valence-electron chi connectivity index (χ0n) is 11.1. The predicted molar refractivity (Wildman–Crippen MR) is 83.4 cm³/mol. The Morgan fingerprint density at radius 3 is 2.60 bits per heavy atom. The second-order valence-electron chi connectivity index (χ2n) is 5.09. The molecule has 2 N–H and O–H groups in total. The van der Waals surface area contributed by atoms with Crippen molar-refractivity contribution < 1.29 is 4.79 Å². The standard InChI is InChI=1S/C16H15BrN2O/c1-10-2-4-11(5-3-10)9-19-14-7-6-12(17)8-13(14)15(18)16(19)20/h2-8,15H,9,18H2,1H3. The van der Waals surface area contributed by atoms with Crippen molar-refractivity contribution in [3.8, 4) is 0 Å². The normalized spacial score (nSPS) is 17.4. The van der Waals surface area contributed by atoms with Gasteiger partial charge in [-0.25, -0.2) is 0 Å². The Balaban J connectivity index is 1.95. The van der Waals surface area contributed by atoms with Crippen LogP contribution in [0.3, 0.4) is 0 Å². The zero-order chi connectivity index (χ0) is 14.3. The summed E-state index contributed by atoms with van der Waals surface area (Å²) in [5.74, 6) is -0.0429. The van der Waals surface area contributed by atoms with E-state index in [2.05, 4.69) is 28.1 Å². The maximum atomic E-state index is 12.3. The van der Waals surface area contributed by atoms with E-state index in [1.165, 1.54) is 5.56 Å². The van der Waals surface area contributed by atoms with Crippen LogP contribution in [0, 0.1) is 6.92 Å². The summed E-state index contributed by atoms with van der Waals surface area (Å²) in [6.07, 6.45) is 0. The van der Waals surface area contributed by atoms with Gasteiger partial charge in [0, 0.05) is 15.7 Å². The largest absolute Gasteiger partial charge is 0.316 e. The Kier molecular flexibility index (Phi) is 3.36. The van der Waals surface area contributed by atoms with Gasteiger partial charge in [0.25, 0.3) is 0 Å². The first-order chi connectivity index (χ1) is 9.56. The van der Waals surface area contributed by atoms with Gasteiger partial charge in [-0.3, -0.25) is 4.79 Å². The smallest absolute Gasteiger partial charge is 0.248 e. The number of hydrogen-bond acceptors (Lipinski definition) is 2. The number of rotatable bonds is 2. The number of halogens is 1. The maximum absolute atomic E-state index is 12.3. The lowest BCUT2D eigenvalue weighted by atomic mass is 10.1. The number of nitrogens with two attached hydrogens (primary N) is 1. The Labute approximate surface area is 126 Å². The summed E-state index contributed by atoms with van der Waals surface area (Å²) in [6.45, 7) is 2.61. The van der Waals surface area contributed by atoms with E-state index in [4.69, 9.17) is 5.73 Å². The topological polar surface area (TPSA) is 46.3 Å². The second-order valence-corrected chi connectivity index (χ2v) is 6.01. The van der Waals surface area contributed by atoms with Crippen LogP contribution >= 0.6 is 15.9 Å². The lowest BCUT2D eigenvalue weighted by Crippen LogP contribution is -2.31. The minimum Gasteiger partial charge on any atom is -0.316 e. The summed E-state index contributed by atoms with van der Waals surface area (Å²) in [5, 5.41) is 0. The molecule has 1 unspecified atom stereocenters. The maximum Gasteiger partial charge on any atom is 0.248 e. The van der Waals surface area contributed by atoms with Gasteiger partial charge in [-0.1, -0.05) is 45.8 Å². The number of carbonyl (C=O) groups is 1. The summed E-state index contributed by atoms with van der Waals surface area (Å²) < 4.78 is 0.941. The molecule has 0 bridgehead atoms. The van der Waals surface area contributed by atoms with Crippen LogP contribution < -0.4 is 10.6 Å². The molecule has 0 aromatic heterocycles. The first-order valence-electron chi connectivity index (χ1n) is 6.48. The predicted octanol–water partition coefficient (Wildman–Crippen LogP) is 3.30. The Morgan fingerprint density at radius 1 is 1.20 bits per heavy atom. The fourth-order valence-corrected chi connectivity index (χ4v) is 2.86. The summed E-state index contributed by atoms with van der Waals surface area (Å²) in [4.78, 5) is 14.1. The molecule has 1 aliphatic rings. The van der Waals surface area contributed by atoms with Gasteiger partial charge in [0.05, 0.1) is 6.54 Å². The summed E-state index contributed by atoms with van der Waals surface area (Å²) in [6, 6.07) is 13.4. The first kappa shape index (κ1) is 13.3. The molecule has 0 saturated heterocycles. The van der Waals surface area contributed by atoms with Crippen LogP contribution in [0.25, 0.3) is 0 Å². The fraction of sp³-hybridized carbons (Fsp3) is 0.188. The van der Waals surface area contributed by atoms with Gasteiger partial charge in [0.1, 0.15) is 6.04 Å². The van der Waals surface area contributed by atoms with Crippen LogP contribution in [0.4, 0.5) is 5.69 Å².